The third-order valence-corrected chi connectivity index (χ3v) is 18.2. The number of anilines is 4. The number of hydrogen-bond donors (Lipinski definition) is 5. The van der Waals surface area contributed by atoms with E-state index in [-0.39, 0.29) is 81.3 Å². The van der Waals surface area contributed by atoms with Crippen molar-refractivity contribution >= 4 is 57.8 Å². The highest BCUT2D eigenvalue weighted by molar-refractivity contribution is 6.62. The summed E-state index contributed by atoms with van der Waals surface area (Å²) < 4.78 is 118. The van der Waals surface area contributed by atoms with Gasteiger partial charge >= 0.3 is 11.5 Å². The molecule has 106 heavy (non-hydrogen) atoms. The zero-order chi connectivity index (χ0) is 77.4. The minimum absolute atomic E-state index is 0.0337. The number of Topliss-reactive ketones (excluding diaryl/α,β-unsaturated/α-hetero) is 1. The minimum atomic E-state index is -2.58. The number of nitrogens with one attached hydrogen (secondary N) is 4. The van der Waals surface area contributed by atoms with Gasteiger partial charge in [0.25, 0.3) is 0 Å². The summed E-state index contributed by atoms with van der Waals surface area (Å²) >= 11 is 4.90. The molecule has 4 aliphatic rings. The largest absolute Gasteiger partial charge is 0.442 e. The molecule has 33 heteroatoms. The summed E-state index contributed by atoms with van der Waals surface area (Å²) in [5.74, 6) is -5.96. The maximum atomic E-state index is 13.5. The number of aryl methyl sites for hydroxylation is 4. The Bertz CT molecular complexity index is 4270. The van der Waals surface area contributed by atoms with Crippen LogP contribution in [0.25, 0.3) is 28.1 Å². The molecule has 0 bridgehead atoms. The van der Waals surface area contributed by atoms with Gasteiger partial charge in [-0.1, -0.05) is 0 Å². The van der Waals surface area contributed by atoms with Crippen LogP contribution in [0.1, 0.15) is 180 Å². The Morgan fingerprint density at radius 1 is 0.500 bits per heavy atom. The maximum absolute atomic E-state index is 13.5. The standard InChI is InChI=1S/C20H27F2N5O2.C17H22F2N4O.C17H20F2N4O.C16H17F2N5.C3H6ClNO/c1-13-7-10-27(25-13)18-12-15(14(2)29-19(28)26(3)4)11-17(24-18)23-16-5-8-20(21,22)9-6-16;2*1-11-5-8-23(22-11)16-10-13(12(2)24)9-15(21-16)20-14-3-6-17(18,19)7-4-14;1-11-5-8-23(22-11)15-10-13(19-2)9-14(21-15)20-12-3-6-16(17,18)7-4-12;1-5(2)3(4)6/h7,10-12,14,16H,5-6,8-9H2,1-4H3,(H,23,24);5,8-10,12,14,24H,3-4,6-7H2,1-2H3,(H,20,21);5,8-10,14H,3-4,6-7H2,1-2H3,(H,20,21);5,8-10,12H,3-4,6-7H2,1H3,(H,20,21);1-2H3. The number of aromatic nitrogens is 12. The normalized spacial score (nSPS) is 17.4. The molecule has 12 rings (SSSR count). The fraction of sp³-hybridized carbons (Fsp3) is 0.507. The molecule has 0 saturated heterocycles. The highest BCUT2D eigenvalue weighted by Gasteiger charge is 2.38. The van der Waals surface area contributed by atoms with E-state index in [4.69, 9.17) is 22.9 Å². The third kappa shape index (κ3) is 25.2. The number of alkyl halides is 8. The van der Waals surface area contributed by atoms with E-state index in [0.717, 1.165) is 28.3 Å². The van der Waals surface area contributed by atoms with Gasteiger partial charge in [-0.2, -0.15) is 20.4 Å². The van der Waals surface area contributed by atoms with E-state index in [9.17, 15) is 54.6 Å². The Labute approximate surface area is 615 Å². The van der Waals surface area contributed by atoms with Crippen LogP contribution in [0.5, 0.6) is 0 Å². The lowest BCUT2D eigenvalue weighted by Gasteiger charge is -2.29. The summed E-state index contributed by atoms with van der Waals surface area (Å²) in [6, 6.07) is 21.0. The summed E-state index contributed by atoms with van der Waals surface area (Å²) in [4.78, 5) is 57.7. The van der Waals surface area contributed by atoms with Gasteiger partial charge < -0.3 is 40.9 Å². The van der Waals surface area contributed by atoms with E-state index in [2.05, 4.69) is 66.4 Å². The molecule has 2 atom stereocenters. The van der Waals surface area contributed by atoms with Crippen LogP contribution in [-0.2, 0) is 4.74 Å². The van der Waals surface area contributed by atoms with Gasteiger partial charge in [-0.15, -0.1) is 0 Å². The van der Waals surface area contributed by atoms with Crippen molar-refractivity contribution in [3.63, 3.8) is 0 Å². The molecule has 2 amide bonds. The van der Waals surface area contributed by atoms with Crippen molar-refractivity contribution in [3.05, 3.63) is 148 Å². The number of rotatable bonds is 16. The SMILES string of the molecule is CC(=O)c1cc(NC2CCC(F)(F)CC2)nc(-n2ccc(C)n2)c1.CN(C)C(=O)Cl.Cc1ccn(-c2cc(C(C)O)cc(NC3CCC(F)(F)CC3)n2)n1.Cc1ccn(-c2cc(C(C)OC(=O)N(C)C)cc(NC3CCC(F)(F)CC3)n2)n1.[C-]#[N+]c1cc(NC2CCC(F)(F)CC2)nc(-n2ccc(C)n2)c1. The van der Waals surface area contributed by atoms with Gasteiger partial charge in [0.2, 0.25) is 23.7 Å². The maximum Gasteiger partial charge on any atom is 0.409 e. The number of carbonyl (C=O) groups excluding carboxylic acids is 3. The van der Waals surface area contributed by atoms with Crippen LogP contribution in [0, 0.1) is 34.3 Å². The van der Waals surface area contributed by atoms with E-state index in [0.29, 0.717) is 115 Å². The molecule has 2 unspecified atom stereocenters. The highest BCUT2D eigenvalue weighted by atomic mass is 35.5. The van der Waals surface area contributed by atoms with Crippen molar-refractivity contribution in [2.75, 3.05) is 49.5 Å². The number of aliphatic hydroxyl groups excluding tert-OH is 1. The number of hydrogen-bond acceptors (Lipinski definition) is 17. The van der Waals surface area contributed by atoms with Crippen LogP contribution in [0.2, 0.25) is 0 Å². The molecule has 4 aliphatic carbocycles. The number of ketones is 1. The number of halogens is 9. The fourth-order valence-corrected chi connectivity index (χ4v) is 11.7. The first-order valence-electron chi connectivity index (χ1n) is 34.9. The van der Waals surface area contributed by atoms with Crippen molar-refractivity contribution in [1.82, 2.24) is 68.9 Å². The zero-order valence-corrected chi connectivity index (χ0v) is 62.0. The predicted octanol–water partition coefficient (Wildman–Crippen LogP) is 16.7. The molecule has 4 fully saturated rings. The summed E-state index contributed by atoms with van der Waals surface area (Å²) in [7, 11) is 6.42. The Kier molecular flexibility index (Phi) is 27.8. The second kappa shape index (κ2) is 36.0. The van der Waals surface area contributed by atoms with Crippen molar-refractivity contribution in [2.45, 2.75) is 211 Å². The number of pyridine rings is 4. The van der Waals surface area contributed by atoms with Gasteiger partial charge in [0.1, 0.15) is 35.2 Å². The van der Waals surface area contributed by atoms with Gasteiger partial charge in [0.05, 0.1) is 35.5 Å². The lowest BCUT2D eigenvalue weighted by Crippen LogP contribution is -2.32. The molecular formula is C73H92ClF8N19O5. The molecule has 8 heterocycles. The van der Waals surface area contributed by atoms with Gasteiger partial charge in [-0.25, -0.2) is 83.4 Å². The van der Waals surface area contributed by atoms with Gasteiger partial charge in [-0.3, -0.25) is 9.59 Å². The molecule has 572 valence electrons. The van der Waals surface area contributed by atoms with Crippen molar-refractivity contribution in [2.24, 2.45) is 0 Å². The summed E-state index contributed by atoms with van der Waals surface area (Å²) in [6.07, 6.45) is 7.70. The molecule has 24 nitrogen and oxygen atoms in total. The van der Waals surface area contributed by atoms with Crippen LogP contribution < -0.4 is 21.3 Å². The Hall–Kier alpha value is -9.77. The molecule has 8 aromatic rings. The van der Waals surface area contributed by atoms with E-state index in [1.165, 1.54) is 16.7 Å². The molecule has 0 spiro atoms. The molecule has 0 aromatic carbocycles. The van der Waals surface area contributed by atoms with Crippen molar-refractivity contribution < 1.29 is 59.4 Å². The highest BCUT2D eigenvalue weighted by Crippen LogP contribution is 2.39. The molecule has 4 saturated carbocycles. The first-order chi connectivity index (χ1) is 49.9. The predicted molar refractivity (Wildman–Crippen MR) is 388 cm³/mol. The number of aliphatic hydroxyl groups is 1. The summed E-state index contributed by atoms with van der Waals surface area (Å²) in [6.45, 7) is 19.7. The lowest BCUT2D eigenvalue weighted by molar-refractivity contribution is -0.0366. The van der Waals surface area contributed by atoms with Crippen molar-refractivity contribution in [3.8, 4) is 23.3 Å². The minimum Gasteiger partial charge on any atom is -0.442 e. The van der Waals surface area contributed by atoms with E-state index in [1.807, 2.05) is 52.0 Å². The van der Waals surface area contributed by atoms with Gasteiger partial charge in [-0.05, 0) is 195 Å². The second-order valence-corrected chi connectivity index (χ2v) is 27.9. The average molecular weight is 1500 g/mol. The molecule has 8 aromatic heterocycles. The molecule has 0 aliphatic heterocycles. The Morgan fingerprint density at radius 2 is 0.792 bits per heavy atom. The number of amides is 2. The zero-order valence-electron chi connectivity index (χ0n) is 61.2. The first-order valence-corrected chi connectivity index (χ1v) is 35.3. The van der Waals surface area contributed by atoms with Gasteiger partial charge in [0.15, 0.2) is 28.9 Å². The van der Waals surface area contributed by atoms with Crippen LogP contribution in [0.4, 0.5) is 73.7 Å². The topological polar surface area (TPSA) is 262 Å². The van der Waals surface area contributed by atoms with Crippen molar-refractivity contribution in [1.29, 1.82) is 0 Å². The first kappa shape index (κ1) is 81.9. The number of carbonyl (C=O) groups is 3. The van der Waals surface area contributed by atoms with Crippen LogP contribution in [-0.4, -0.2) is 167 Å². The fourth-order valence-electron chi connectivity index (χ4n) is 11.7. The summed E-state index contributed by atoms with van der Waals surface area (Å²) in [5.41, 5.74) is 5.79. The smallest absolute Gasteiger partial charge is 0.409 e. The number of ether oxygens (including phenoxy) is 1. The molecule has 0 radical (unpaired) electrons. The van der Waals surface area contributed by atoms with Crippen LogP contribution in [0.15, 0.2) is 97.6 Å². The summed E-state index contributed by atoms with van der Waals surface area (Å²) in [5, 5.41) is 39.7. The number of nitrogens with zero attached hydrogens (tertiary/aromatic N) is 15. The van der Waals surface area contributed by atoms with Gasteiger partial charge in [0, 0.05) is 134 Å². The van der Waals surface area contributed by atoms with Crippen LogP contribution in [0.3, 0.4) is 0 Å². The average Bonchev–Trinajstić information content (AvgIpc) is 1.36. The quantitative estimate of drug-likeness (QED) is 0.0198. The monoisotopic (exact) mass is 1500 g/mol. The van der Waals surface area contributed by atoms with E-state index in [1.54, 1.807) is 134 Å². The Balaban J connectivity index is 0.000000174. The second-order valence-electron chi connectivity index (χ2n) is 27.6. The molecule has 5 N–H and O–H groups in total. The molecular weight excluding hydrogens is 1410 g/mol. The van der Waals surface area contributed by atoms with Crippen LogP contribution >= 0.6 is 11.6 Å². The Morgan fingerprint density at radius 3 is 1.08 bits per heavy atom. The van der Waals surface area contributed by atoms with E-state index >= 15 is 0 Å². The third-order valence-electron chi connectivity index (χ3n) is 17.9. The lowest BCUT2D eigenvalue weighted by atomic mass is 9.92. The van der Waals surface area contributed by atoms with E-state index < -0.39 is 47.4 Å².